The van der Waals surface area contributed by atoms with E-state index < -0.39 is 0 Å². The third-order valence-electron chi connectivity index (χ3n) is 3.42. The highest BCUT2D eigenvalue weighted by molar-refractivity contribution is 6.25. The molecule has 0 amide bonds. The van der Waals surface area contributed by atoms with Crippen LogP contribution in [0.3, 0.4) is 0 Å². The van der Waals surface area contributed by atoms with Crippen LogP contribution in [0, 0.1) is 0 Å². The lowest BCUT2D eigenvalue weighted by atomic mass is 9.84. The molecule has 0 bridgehead atoms. The second-order valence-corrected chi connectivity index (χ2v) is 4.66. The summed E-state index contributed by atoms with van der Waals surface area (Å²) in [5.74, 6) is 0.0126. The first-order valence-corrected chi connectivity index (χ1v) is 6.60. The number of rotatable bonds is 4. The number of carbonyl (C=O) groups is 2. The average molecular weight is 242 g/mol. The van der Waals surface area contributed by atoms with Crippen molar-refractivity contribution in [3.8, 4) is 0 Å². The molecule has 1 aromatic rings. The summed E-state index contributed by atoms with van der Waals surface area (Å²) in [7, 11) is 0. The van der Waals surface area contributed by atoms with Gasteiger partial charge in [-0.1, -0.05) is 38.5 Å². The molecule has 0 aliphatic heterocycles. The van der Waals surface area contributed by atoms with Crippen LogP contribution in [-0.4, -0.2) is 11.6 Å². The van der Waals surface area contributed by atoms with Crippen molar-refractivity contribution in [3.63, 3.8) is 0 Å². The number of allylic oxidation sites excluding steroid dienone is 2. The van der Waals surface area contributed by atoms with E-state index in [4.69, 9.17) is 0 Å². The predicted octanol–water partition coefficient (Wildman–Crippen LogP) is 3.74. The number of carbonyl (C=O) groups excluding carboxylic acids is 2. The van der Waals surface area contributed by atoms with Gasteiger partial charge < -0.3 is 0 Å². The van der Waals surface area contributed by atoms with Crippen molar-refractivity contribution >= 4 is 11.6 Å². The first kappa shape index (κ1) is 12.7. The lowest BCUT2D eigenvalue weighted by Gasteiger charge is -2.17. The van der Waals surface area contributed by atoms with E-state index >= 15 is 0 Å². The highest BCUT2D eigenvalue weighted by Gasteiger charge is 2.26. The van der Waals surface area contributed by atoms with Crippen LogP contribution in [0.5, 0.6) is 0 Å². The maximum absolute atomic E-state index is 12.2. The normalized spacial score (nSPS) is 14.4. The van der Waals surface area contributed by atoms with Gasteiger partial charge in [-0.25, -0.2) is 0 Å². The van der Waals surface area contributed by atoms with Gasteiger partial charge >= 0.3 is 0 Å². The molecule has 2 rings (SSSR count). The van der Waals surface area contributed by atoms with Gasteiger partial charge in [0.25, 0.3) is 0 Å². The molecule has 0 atom stereocenters. The van der Waals surface area contributed by atoms with Gasteiger partial charge in [0.15, 0.2) is 11.6 Å². The maximum atomic E-state index is 12.2. The Hall–Kier alpha value is -1.70. The van der Waals surface area contributed by atoms with Crippen LogP contribution in [0.1, 0.15) is 59.4 Å². The third kappa shape index (κ3) is 2.15. The SMILES string of the molecule is CCCCc1cccc2c1C(=O)C=C(CC)C2=O. The highest BCUT2D eigenvalue weighted by atomic mass is 16.1. The van der Waals surface area contributed by atoms with Gasteiger partial charge in [-0.3, -0.25) is 9.59 Å². The molecule has 0 saturated carbocycles. The summed E-state index contributed by atoms with van der Waals surface area (Å²) < 4.78 is 0. The Morgan fingerprint density at radius 2 is 1.89 bits per heavy atom. The topological polar surface area (TPSA) is 34.1 Å². The number of fused-ring (bicyclic) bond motifs is 1. The Morgan fingerprint density at radius 1 is 1.11 bits per heavy atom. The van der Waals surface area contributed by atoms with E-state index in [0.29, 0.717) is 23.1 Å². The smallest absolute Gasteiger partial charge is 0.189 e. The van der Waals surface area contributed by atoms with E-state index in [1.54, 1.807) is 6.07 Å². The van der Waals surface area contributed by atoms with Gasteiger partial charge in [0.2, 0.25) is 0 Å². The molecular formula is C16H18O2. The van der Waals surface area contributed by atoms with Crippen LogP contribution in [0.4, 0.5) is 0 Å². The zero-order valence-electron chi connectivity index (χ0n) is 11.0. The van der Waals surface area contributed by atoms with Crippen LogP contribution < -0.4 is 0 Å². The minimum absolute atomic E-state index is 0.00634. The number of benzene rings is 1. The first-order valence-electron chi connectivity index (χ1n) is 6.60. The van der Waals surface area contributed by atoms with Crippen LogP contribution >= 0.6 is 0 Å². The summed E-state index contributed by atoms with van der Waals surface area (Å²) >= 11 is 0. The molecule has 2 nitrogen and oxygen atoms in total. The number of unbranched alkanes of at least 4 members (excludes halogenated alkanes) is 1. The fourth-order valence-corrected chi connectivity index (χ4v) is 2.39. The summed E-state index contributed by atoms with van der Waals surface area (Å²) in [5, 5.41) is 0. The zero-order chi connectivity index (χ0) is 13.1. The van der Waals surface area contributed by atoms with Crippen molar-refractivity contribution in [2.45, 2.75) is 39.5 Å². The van der Waals surface area contributed by atoms with Gasteiger partial charge in [0.1, 0.15) is 0 Å². The minimum Gasteiger partial charge on any atom is -0.289 e. The minimum atomic E-state index is -0.00634. The van der Waals surface area contributed by atoms with Crippen LogP contribution in [-0.2, 0) is 6.42 Å². The summed E-state index contributed by atoms with van der Waals surface area (Å²) in [4.78, 5) is 24.4. The maximum Gasteiger partial charge on any atom is 0.189 e. The molecule has 0 unspecified atom stereocenters. The van der Waals surface area contributed by atoms with Crippen molar-refractivity contribution in [2.24, 2.45) is 0 Å². The standard InChI is InChI=1S/C16H18O2/c1-3-5-7-12-8-6-9-13-15(12)14(17)10-11(4-2)16(13)18/h6,8-10H,3-5,7H2,1-2H3. The molecule has 1 aromatic carbocycles. The lowest BCUT2D eigenvalue weighted by Crippen LogP contribution is -2.18. The van der Waals surface area contributed by atoms with Gasteiger partial charge in [-0.15, -0.1) is 0 Å². The van der Waals surface area contributed by atoms with Crippen LogP contribution in [0.2, 0.25) is 0 Å². The molecule has 1 aliphatic carbocycles. The Morgan fingerprint density at radius 3 is 2.56 bits per heavy atom. The zero-order valence-corrected chi connectivity index (χ0v) is 11.0. The van der Waals surface area contributed by atoms with E-state index in [-0.39, 0.29) is 11.6 Å². The van der Waals surface area contributed by atoms with E-state index in [2.05, 4.69) is 6.92 Å². The van der Waals surface area contributed by atoms with Crippen molar-refractivity contribution in [1.29, 1.82) is 0 Å². The quantitative estimate of drug-likeness (QED) is 0.806. The molecule has 0 fully saturated rings. The van der Waals surface area contributed by atoms with E-state index in [9.17, 15) is 9.59 Å². The fourth-order valence-electron chi connectivity index (χ4n) is 2.39. The van der Waals surface area contributed by atoms with Crippen LogP contribution in [0.15, 0.2) is 29.8 Å². The van der Waals surface area contributed by atoms with E-state index in [0.717, 1.165) is 24.8 Å². The molecule has 0 radical (unpaired) electrons. The molecule has 0 aromatic heterocycles. The lowest BCUT2D eigenvalue weighted by molar-refractivity contribution is 0.0981. The molecular weight excluding hydrogens is 224 g/mol. The molecule has 0 saturated heterocycles. The largest absolute Gasteiger partial charge is 0.289 e. The molecule has 0 N–H and O–H groups in total. The molecule has 1 aliphatic rings. The van der Waals surface area contributed by atoms with Gasteiger partial charge in [0.05, 0.1) is 0 Å². The molecule has 18 heavy (non-hydrogen) atoms. The average Bonchev–Trinajstić information content (AvgIpc) is 2.40. The number of hydrogen-bond acceptors (Lipinski definition) is 2. The fraction of sp³-hybridized carbons (Fsp3) is 0.375. The first-order chi connectivity index (χ1) is 8.69. The van der Waals surface area contributed by atoms with Gasteiger partial charge in [-0.05, 0) is 30.9 Å². The number of ketones is 2. The second kappa shape index (κ2) is 5.30. The summed E-state index contributed by atoms with van der Waals surface area (Å²) in [6.07, 6.45) is 5.13. The third-order valence-corrected chi connectivity index (χ3v) is 3.42. The van der Waals surface area contributed by atoms with Gasteiger partial charge in [-0.2, -0.15) is 0 Å². The Kier molecular flexibility index (Phi) is 3.75. The number of hydrogen-bond donors (Lipinski definition) is 0. The Labute approximate surface area is 108 Å². The van der Waals surface area contributed by atoms with Crippen molar-refractivity contribution in [2.75, 3.05) is 0 Å². The number of aryl methyl sites for hydroxylation is 1. The second-order valence-electron chi connectivity index (χ2n) is 4.66. The summed E-state index contributed by atoms with van der Waals surface area (Å²) in [6.45, 7) is 4.03. The molecule has 0 heterocycles. The van der Waals surface area contributed by atoms with Crippen molar-refractivity contribution in [3.05, 3.63) is 46.5 Å². The monoisotopic (exact) mass is 242 g/mol. The Bertz CT molecular complexity index is 524. The Balaban J connectivity index is 2.48. The van der Waals surface area contributed by atoms with Crippen molar-refractivity contribution < 1.29 is 9.59 Å². The summed E-state index contributed by atoms with van der Waals surface area (Å²) in [6, 6.07) is 5.62. The van der Waals surface area contributed by atoms with Crippen LogP contribution in [0.25, 0.3) is 0 Å². The van der Waals surface area contributed by atoms with E-state index in [1.165, 1.54) is 6.08 Å². The van der Waals surface area contributed by atoms with E-state index in [1.807, 2.05) is 19.1 Å². The number of Topliss-reactive ketones (excluding diaryl/α,β-unsaturated/α-hetero) is 1. The molecule has 0 spiro atoms. The molecule has 2 heteroatoms. The highest BCUT2D eigenvalue weighted by Crippen LogP contribution is 2.26. The van der Waals surface area contributed by atoms with Gasteiger partial charge in [0, 0.05) is 16.7 Å². The summed E-state index contributed by atoms with van der Waals surface area (Å²) in [5.41, 5.74) is 2.86. The molecule has 94 valence electrons. The predicted molar refractivity (Wildman–Crippen MR) is 72.1 cm³/mol. The van der Waals surface area contributed by atoms with Crippen molar-refractivity contribution in [1.82, 2.24) is 0 Å².